The van der Waals surface area contributed by atoms with Gasteiger partial charge in [0.15, 0.2) is 5.96 Å². The fourth-order valence-corrected chi connectivity index (χ4v) is 3.07. The van der Waals surface area contributed by atoms with Crippen molar-refractivity contribution in [3.05, 3.63) is 59.5 Å². The Labute approximate surface area is 167 Å². The van der Waals surface area contributed by atoms with E-state index in [0.717, 1.165) is 57.3 Å². The molecule has 2 N–H and O–H groups in total. The Morgan fingerprint density at radius 2 is 1.89 bits per heavy atom. The van der Waals surface area contributed by atoms with Crippen LogP contribution in [0.4, 0.5) is 0 Å². The van der Waals surface area contributed by atoms with Gasteiger partial charge in [-0.1, -0.05) is 24.3 Å². The number of ether oxygens (including phenoxy) is 2. The molecule has 0 saturated carbocycles. The summed E-state index contributed by atoms with van der Waals surface area (Å²) in [5.41, 5.74) is 2.38. The summed E-state index contributed by atoms with van der Waals surface area (Å²) in [4.78, 5) is 4.67. The summed E-state index contributed by atoms with van der Waals surface area (Å²) in [6, 6.07) is 12.4. The number of guanidine groups is 1. The van der Waals surface area contributed by atoms with Gasteiger partial charge in [-0.2, -0.15) is 0 Å². The number of hydrogen-bond acceptors (Lipinski definition) is 4. The molecule has 1 aromatic heterocycles. The molecule has 1 fully saturated rings. The van der Waals surface area contributed by atoms with E-state index in [0.29, 0.717) is 19.3 Å². The van der Waals surface area contributed by atoms with Crippen LogP contribution in [0.2, 0.25) is 0 Å². The van der Waals surface area contributed by atoms with E-state index >= 15 is 0 Å². The molecule has 0 radical (unpaired) electrons. The molecule has 1 aliphatic heterocycles. The molecule has 0 atom stereocenters. The standard InChI is InChI=1S/C22H31N3O3/c1-2-23-22(24-12-9-20-4-3-13-27-20)25-16-18-5-7-19(8-6-18)17-28-21-10-14-26-15-11-21/h3-8,13,21H,2,9-12,14-17H2,1H3,(H2,23,24,25). The molecule has 0 spiro atoms. The van der Waals surface area contributed by atoms with Crippen molar-refractivity contribution in [2.24, 2.45) is 4.99 Å². The lowest BCUT2D eigenvalue weighted by Crippen LogP contribution is -2.38. The lowest BCUT2D eigenvalue weighted by atomic mass is 10.1. The van der Waals surface area contributed by atoms with E-state index in [4.69, 9.17) is 13.9 Å². The summed E-state index contributed by atoms with van der Waals surface area (Å²) in [5.74, 6) is 1.79. The maximum atomic E-state index is 5.98. The van der Waals surface area contributed by atoms with E-state index in [1.54, 1.807) is 6.26 Å². The number of furan rings is 1. The first-order valence-corrected chi connectivity index (χ1v) is 10.1. The van der Waals surface area contributed by atoms with E-state index in [9.17, 15) is 0 Å². The molecular weight excluding hydrogens is 354 g/mol. The first-order valence-electron chi connectivity index (χ1n) is 10.1. The first-order chi connectivity index (χ1) is 13.8. The van der Waals surface area contributed by atoms with Crippen molar-refractivity contribution in [3.63, 3.8) is 0 Å². The fourth-order valence-electron chi connectivity index (χ4n) is 3.07. The van der Waals surface area contributed by atoms with Gasteiger partial charge in [0, 0.05) is 32.7 Å². The minimum absolute atomic E-state index is 0.327. The van der Waals surface area contributed by atoms with Crippen molar-refractivity contribution in [1.82, 2.24) is 10.6 Å². The number of aliphatic imine (C=N–C) groups is 1. The summed E-state index contributed by atoms with van der Waals surface area (Å²) in [7, 11) is 0. The van der Waals surface area contributed by atoms with Crippen LogP contribution in [-0.4, -0.2) is 38.4 Å². The average Bonchev–Trinajstić information content (AvgIpc) is 3.25. The van der Waals surface area contributed by atoms with Gasteiger partial charge >= 0.3 is 0 Å². The van der Waals surface area contributed by atoms with E-state index in [2.05, 4.69) is 46.8 Å². The van der Waals surface area contributed by atoms with Gasteiger partial charge in [-0.05, 0) is 43.0 Å². The van der Waals surface area contributed by atoms with Crippen molar-refractivity contribution >= 4 is 5.96 Å². The summed E-state index contributed by atoms with van der Waals surface area (Å²) in [6.45, 7) is 6.59. The maximum absolute atomic E-state index is 5.98. The lowest BCUT2D eigenvalue weighted by Gasteiger charge is -2.22. The molecule has 1 aromatic carbocycles. The zero-order valence-electron chi connectivity index (χ0n) is 16.7. The molecule has 6 nitrogen and oxygen atoms in total. The second kappa shape index (κ2) is 11.5. The van der Waals surface area contributed by atoms with Crippen LogP contribution in [0.5, 0.6) is 0 Å². The van der Waals surface area contributed by atoms with Crippen LogP contribution in [0, 0.1) is 0 Å². The highest BCUT2D eigenvalue weighted by molar-refractivity contribution is 5.79. The molecule has 0 amide bonds. The molecule has 28 heavy (non-hydrogen) atoms. The van der Waals surface area contributed by atoms with Gasteiger partial charge in [-0.25, -0.2) is 4.99 Å². The van der Waals surface area contributed by atoms with Crippen molar-refractivity contribution in [2.75, 3.05) is 26.3 Å². The van der Waals surface area contributed by atoms with Crippen LogP contribution >= 0.6 is 0 Å². The summed E-state index contributed by atoms with van der Waals surface area (Å²) < 4.78 is 16.7. The van der Waals surface area contributed by atoms with Gasteiger partial charge in [0.05, 0.1) is 25.5 Å². The van der Waals surface area contributed by atoms with Crippen molar-refractivity contribution in [2.45, 2.75) is 45.4 Å². The Kier molecular flexibility index (Phi) is 8.40. The Morgan fingerprint density at radius 1 is 1.11 bits per heavy atom. The second-order valence-electron chi connectivity index (χ2n) is 6.89. The number of benzene rings is 1. The average molecular weight is 386 g/mol. The van der Waals surface area contributed by atoms with Gasteiger partial charge in [0.1, 0.15) is 5.76 Å². The fraction of sp³-hybridized carbons (Fsp3) is 0.500. The quantitative estimate of drug-likeness (QED) is 0.512. The monoisotopic (exact) mass is 385 g/mol. The van der Waals surface area contributed by atoms with Gasteiger partial charge < -0.3 is 24.5 Å². The summed E-state index contributed by atoms with van der Waals surface area (Å²) >= 11 is 0. The Bertz CT molecular complexity index is 692. The Balaban J connectivity index is 1.43. The largest absolute Gasteiger partial charge is 0.469 e. The topological polar surface area (TPSA) is 68.0 Å². The van der Waals surface area contributed by atoms with Crippen LogP contribution in [0.25, 0.3) is 0 Å². The third-order valence-electron chi connectivity index (χ3n) is 4.68. The van der Waals surface area contributed by atoms with E-state index < -0.39 is 0 Å². The van der Waals surface area contributed by atoms with Crippen LogP contribution in [-0.2, 0) is 29.0 Å². The molecule has 2 aromatic rings. The minimum atomic E-state index is 0.327. The van der Waals surface area contributed by atoms with Crippen LogP contribution in [0.15, 0.2) is 52.1 Å². The maximum Gasteiger partial charge on any atom is 0.191 e. The van der Waals surface area contributed by atoms with Gasteiger partial charge in [0.25, 0.3) is 0 Å². The SMILES string of the molecule is CCNC(=NCc1ccc(COC2CCOCC2)cc1)NCCc1ccco1. The first kappa shape index (κ1) is 20.4. The molecular formula is C22H31N3O3. The highest BCUT2D eigenvalue weighted by atomic mass is 16.5. The number of nitrogens with zero attached hydrogens (tertiary/aromatic N) is 1. The lowest BCUT2D eigenvalue weighted by molar-refractivity contribution is -0.0390. The minimum Gasteiger partial charge on any atom is -0.469 e. The van der Waals surface area contributed by atoms with Gasteiger partial charge in [0.2, 0.25) is 0 Å². The van der Waals surface area contributed by atoms with E-state index in [1.807, 2.05) is 12.1 Å². The second-order valence-corrected chi connectivity index (χ2v) is 6.89. The molecule has 2 heterocycles. The summed E-state index contributed by atoms with van der Waals surface area (Å²) in [5, 5.41) is 6.62. The molecule has 6 heteroatoms. The Morgan fingerprint density at radius 3 is 2.61 bits per heavy atom. The van der Waals surface area contributed by atoms with Gasteiger partial charge in [-0.15, -0.1) is 0 Å². The summed E-state index contributed by atoms with van der Waals surface area (Å²) in [6.07, 6.45) is 4.85. The third-order valence-corrected chi connectivity index (χ3v) is 4.68. The zero-order chi connectivity index (χ0) is 19.4. The molecule has 0 bridgehead atoms. The Hall–Kier alpha value is -2.31. The zero-order valence-corrected chi connectivity index (χ0v) is 16.7. The molecule has 1 saturated heterocycles. The van der Waals surface area contributed by atoms with Crippen molar-refractivity contribution in [3.8, 4) is 0 Å². The molecule has 0 aliphatic carbocycles. The normalized spacial score (nSPS) is 15.5. The number of hydrogen-bond donors (Lipinski definition) is 2. The van der Waals surface area contributed by atoms with Crippen molar-refractivity contribution in [1.29, 1.82) is 0 Å². The van der Waals surface area contributed by atoms with Crippen LogP contribution in [0.3, 0.4) is 0 Å². The van der Waals surface area contributed by atoms with Crippen LogP contribution in [0.1, 0.15) is 36.7 Å². The molecule has 152 valence electrons. The molecule has 3 rings (SSSR count). The van der Waals surface area contributed by atoms with Crippen molar-refractivity contribution < 1.29 is 13.9 Å². The molecule has 1 aliphatic rings. The van der Waals surface area contributed by atoms with Crippen LogP contribution < -0.4 is 10.6 Å². The molecule has 0 unspecified atom stereocenters. The number of nitrogens with one attached hydrogen (secondary N) is 2. The van der Waals surface area contributed by atoms with E-state index in [-0.39, 0.29) is 0 Å². The highest BCUT2D eigenvalue weighted by Crippen LogP contribution is 2.14. The highest BCUT2D eigenvalue weighted by Gasteiger charge is 2.13. The predicted octanol–water partition coefficient (Wildman–Crippen LogP) is 3.27. The smallest absolute Gasteiger partial charge is 0.191 e. The predicted molar refractivity (Wildman–Crippen MR) is 110 cm³/mol. The van der Waals surface area contributed by atoms with Gasteiger partial charge in [-0.3, -0.25) is 0 Å². The van der Waals surface area contributed by atoms with E-state index in [1.165, 1.54) is 11.1 Å². The number of rotatable bonds is 9. The third kappa shape index (κ3) is 7.02.